The van der Waals surface area contributed by atoms with Crippen molar-refractivity contribution in [2.24, 2.45) is 5.41 Å². The van der Waals surface area contributed by atoms with E-state index in [0.29, 0.717) is 24.1 Å². The van der Waals surface area contributed by atoms with Crippen LogP contribution in [0.15, 0.2) is 18.5 Å². The first-order chi connectivity index (χ1) is 9.88. The fourth-order valence-electron chi connectivity index (χ4n) is 3.21. The summed E-state index contributed by atoms with van der Waals surface area (Å²) in [7, 11) is 0. The summed E-state index contributed by atoms with van der Waals surface area (Å²) in [5.41, 5.74) is 7.45. The van der Waals surface area contributed by atoms with Crippen LogP contribution in [0.2, 0.25) is 0 Å². The molecule has 1 heterocycles. The number of pyridine rings is 1. The number of nitrogen functional groups attached to an aromatic ring is 1. The summed E-state index contributed by atoms with van der Waals surface area (Å²) >= 11 is 0. The van der Waals surface area contributed by atoms with Crippen molar-refractivity contribution in [1.82, 2.24) is 4.98 Å². The molecule has 21 heavy (non-hydrogen) atoms. The van der Waals surface area contributed by atoms with E-state index in [1.54, 1.807) is 18.5 Å². The second kappa shape index (κ2) is 6.32. The van der Waals surface area contributed by atoms with E-state index >= 15 is 0 Å². The molecule has 1 aromatic rings. The van der Waals surface area contributed by atoms with Gasteiger partial charge < -0.3 is 15.6 Å². The number of hydrogen-bond donors (Lipinski definition) is 2. The third-order valence-electron chi connectivity index (χ3n) is 4.84. The molecule has 118 valence electrons. The van der Waals surface area contributed by atoms with Crippen molar-refractivity contribution in [2.45, 2.75) is 64.6 Å². The fraction of sp³-hybridized carbons (Fsp3) is 0.706. The zero-order valence-corrected chi connectivity index (χ0v) is 13.4. The first-order valence-corrected chi connectivity index (χ1v) is 7.89. The van der Waals surface area contributed by atoms with Crippen molar-refractivity contribution in [3.8, 4) is 0 Å². The molecule has 1 fully saturated rings. The van der Waals surface area contributed by atoms with Gasteiger partial charge in [0.1, 0.15) is 0 Å². The Morgan fingerprint density at radius 2 is 2.00 bits per heavy atom. The van der Waals surface area contributed by atoms with Gasteiger partial charge in [-0.1, -0.05) is 13.8 Å². The molecule has 4 nitrogen and oxygen atoms in total. The number of aliphatic hydroxyl groups is 1. The highest BCUT2D eigenvalue weighted by atomic mass is 16.5. The Morgan fingerprint density at radius 3 is 2.57 bits per heavy atom. The van der Waals surface area contributed by atoms with Gasteiger partial charge in [-0.15, -0.1) is 0 Å². The largest absolute Gasteiger partial charge is 0.398 e. The molecule has 0 spiro atoms. The normalized spacial score (nSPS) is 21.9. The molecule has 4 heteroatoms. The number of nitrogens with two attached hydrogens (primary N) is 1. The number of aliphatic hydroxyl groups excluding tert-OH is 1. The van der Waals surface area contributed by atoms with Crippen LogP contribution in [0, 0.1) is 5.41 Å². The predicted molar refractivity (Wildman–Crippen MR) is 85.0 cm³/mol. The highest BCUT2D eigenvalue weighted by Crippen LogP contribution is 2.44. The Morgan fingerprint density at radius 1 is 1.33 bits per heavy atom. The Hall–Kier alpha value is -1.13. The van der Waals surface area contributed by atoms with Gasteiger partial charge in [-0.05, 0) is 49.7 Å². The second-order valence-corrected chi connectivity index (χ2v) is 6.96. The molecule has 1 aliphatic carbocycles. The van der Waals surface area contributed by atoms with Crippen LogP contribution in [0.3, 0.4) is 0 Å². The topological polar surface area (TPSA) is 68.4 Å². The summed E-state index contributed by atoms with van der Waals surface area (Å²) in [6.07, 6.45) is 7.32. The van der Waals surface area contributed by atoms with Crippen LogP contribution < -0.4 is 5.73 Å². The maximum absolute atomic E-state index is 10.8. The summed E-state index contributed by atoms with van der Waals surface area (Å²) in [6.45, 7) is 7.19. The first kappa shape index (κ1) is 16.2. The summed E-state index contributed by atoms with van der Waals surface area (Å²) < 4.78 is 6.03. The summed E-state index contributed by atoms with van der Waals surface area (Å²) in [4.78, 5) is 4.10. The molecule has 2 rings (SSSR count). The molecule has 1 unspecified atom stereocenters. The maximum Gasteiger partial charge on any atom is 0.0943 e. The predicted octanol–water partition coefficient (Wildman–Crippen LogP) is 2.94. The average Bonchev–Trinajstić information content (AvgIpc) is 2.44. The smallest absolute Gasteiger partial charge is 0.0943 e. The molecule has 0 aliphatic heterocycles. The third kappa shape index (κ3) is 3.74. The number of hydrogen-bond acceptors (Lipinski definition) is 4. The van der Waals surface area contributed by atoms with Crippen molar-refractivity contribution in [1.29, 1.82) is 0 Å². The molecular formula is C17H28N2O2. The van der Waals surface area contributed by atoms with Crippen molar-refractivity contribution < 1.29 is 9.84 Å². The number of nitrogens with zero attached hydrogens (tertiary/aromatic N) is 1. The van der Waals surface area contributed by atoms with Crippen LogP contribution >= 0.6 is 0 Å². The van der Waals surface area contributed by atoms with E-state index in [-0.39, 0.29) is 0 Å². The van der Waals surface area contributed by atoms with E-state index in [1.807, 2.05) is 6.92 Å². The lowest BCUT2D eigenvalue weighted by Gasteiger charge is -2.46. The maximum atomic E-state index is 10.8. The molecule has 0 bridgehead atoms. The molecule has 0 radical (unpaired) electrons. The minimum Gasteiger partial charge on any atom is -0.398 e. The van der Waals surface area contributed by atoms with Gasteiger partial charge in [0.25, 0.3) is 0 Å². The zero-order chi connectivity index (χ0) is 15.5. The van der Waals surface area contributed by atoms with Crippen molar-refractivity contribution >= 4 is 5.69 Å². The van der Waals surface area contributed by atoms with Gasteiger partial charge in [0, 0.05) is 31.1 Å². The molecular weight excluding hydrogens is 264 g/mol. The number of ether oxygens (including phenoxy) is 1. The molecule has 1 atom stereocenters. The van der Waals surface area contributed by atoms with Gasteiger partial charge in [-0.2, -0.15) is 0 Å². The Kier molecular flexibility index (Phi) is 4.89. The number of aromatic nitrogens is 1. The molecule has 1 aromatic heterocycles. The van der Waals surface area contributed by atoms with E-state index in [1.165, 1.54) is 0 Å². The van der Waals surface area contributed by atoms with Crippen LogP contribution in [0.4, 0.5) is 5.69 Å². The van der Waals surface area contributed by atoms with E-state index in [9.17, 15) is 5.11 Å². The van der Waals surface area contributed by atoms with Gasteiger partial charge in [-0.25, -0.2) is 0 Å². The molecule has 3 N–H and O–H groups in total. The highest BCUT2D eigenvalue weighted by Gasteiger charge is 2.44. The van der Waals surface area contributed by atoms with E-state index in [2.05, 4.69) is 18.8 Å². The standard InChI is InChI=1S/C17H28N2O2/c1-4-21-17(8-6-16(2,3)7-9-17)15(20)11-13-12-19-10-5-14(13)18/h5,10,12,15,20H,4,6-9,11H2,1-3H3,(H2,18,19). The molecule has 0 amide bonds. The zero-order valence-electron chi connectivity index (χ0n) is 13.4. The van der Waals surface area contributed by atoms with Crippen molar-refractivity contribution in [3.05, 3.63) is 24.0 Å². The van der Waals surface area contributed by atoms with Crippen molar-refractivity contribution in [2.75, 3.05) is 12.3 Å². The summed E-state index contributed by atoms with van der Waals surface area (Å²) in [5.74, 6) is 0. The lowest BCUT2D eigenvalue weighted by Crippen LogP contribution is -2.50. The van der Waals surface area contributed by atoms with E-state index in [0.717, 1.165) is 31.2 Å². The summed E-state index contributed by atoms with van der Waals surface area (Å²) in [6, 6.07) is 1.78. The van der Waals surface area contributed by atoms with Crippen LogP contribution in [0.5, 0.6) is 0 Å². The molecule has 1 aliphatic rings. The Labute approximate surface area is 127 Å². The van der Waals surface area contributed by atoms with Gasteiger partial charge in [0.15, 0.2) is 0 Å². The lowest BCUT2D eigenvalue weighted by atomic mass is 9.68. The van der Waals surface area contributed by atoms with Gasteiger partial charge in [-0.3, -0.25) is 4.98 Å². The van der Waals surface area contributed by atoms with Crippen molar-refractivity contribution in [3.63, 3.8) is 0 Å². The molecule has 1 saturated carbocycles. The number of anilines is 1. The van der Waals surface area contributed by atoms with E-state index < -0.39 is 11.7 Å². The SMILES string of the molecule is CCOC1(C(O)Cc2cnccc2N)CCC(C)(C)CC1. The second-order valence-electron chi connectivity index (χ2n) is 6.96. The minimum absolute atomic E-state index is 0.341. The lowest BCUT2D eigenvalue weighted by molar-refractivity contribution is -0.150. The van der Waals surface area contributed by atoms with Crippen LogP contribution in [0.25, 0.3) is 0 Å². The van der Waals surface area contributed by atoms with Gasteiger partial charge in [0.2, 0.25) is 0 Å². The Bertz CT molecular complexity index is 464. The Balaban J connectivity index is 2.13. The van der Waals surface area contributed by atoms with Crippen LogP contribution in [-0.4, -0.2) is 28.4 Å². The monoisotopic (exact) mass is 292 g/mol. The minimum atomic E-state index is -0.542. The molecule has 0 saturated heterocycles. The average molecular weight is 292 g/mol. The quantitative estimate of drug-likeness (QED) is 0.875. The molecule has 0 aromatic carbocycles. The first-order valence-electron chi connectivity index (χ1n) is 7.89. The highest BCUT2D eigenvalue weighted by molar-refractivity contribution is 5.44. The van der Waals surface area contributed by atoms with Crippen LogP contribution in [-0.2, 0) is 11.2 Å². The van der Waals surface area contributed by atoms with Gasteiger partial charge in [0.05, 0.1) is 11.7 Å². The third-order valence-corrected chi connectivity index (χ3v) is 4.84. The van der Waals surface area contributed by atoms with E-state index in [4.69, 9.17) is 10.5 Å². The number of rotatable bonds is 5. The fourth-order valence-corrected chi connectivity index (χ4v) is 3.21. The summed E-state index contributed by atoms with van der Waals surface area (Å²) in [5, 5.41) is 10.8. The van der Waals surface area contributed by atoms with Gasteiger partial charge >= 0.3 is 0 Å². The van der Waals surface area contributed by atoms with Crippen LogP contribution in [0.1, 0.15) is 52.0 Å².